The van der Waals surface area contributed by atoms with Crippen LogP contribution in [0.2, 0.25) is 0 Å². The molecule has 0 spiro atoms. The summed E-state index contributed by atoms with van der Waals surface area (Å²) in [7, 11) is -3.33. The van der Waals surface area contributed by atoms with Gasteiger partial charge in [-0.25, -0.2) is 13.1 Å². The van der Waals surface area contributed by atoms with E-state index in [1.54, 1.807) is 12.1 Å². The topological polar surface area (TPSA) is 58.2 Å². The molecule has 2 rings (SSSR count). The van der Waals surface area contributed by atoms with Crippen molar-refractivity contribution in [1.29, 1.82) is 0 Å². The van der Waals surface area contributed by atoms with Crippen LogP contribution in [0.5, 0.6) is 0 Å². The van der Waals surface area contributed by atoms with Gasteiger partial charge < -0.3 is 5.32 Å². The summed E-state index contributed by atoms with van der Waals surface area (Å²) < 4.78 is 26.7. The number of sulfonamides is 1. The SMILES string of the molecule is CCC(CC)CNc1ccc(S(=O)(=O)NC2CC2)cc1. The molecule has 0 saturated heterocycles. The van der Waals surface area contributed by atoms with Crippen molar-refractivity contribution >= 4 is 15.7 Å². The molecule has 0 aromatic heterocycles. The molecule has 0 heterocycles. The largest absolute Gasteiger partial charge is 0.385 e. The first-order valence-electron chi connectivity index (χ1n) is 7.41. The standard InChI is InChI=1S/C15H24N2O2S/c1-3-12(4-2)11-16-13-7-9-15(10-8-13)20(18,19)17-14-5-6-14/h7-10,12,14,16-17H,3-6,11H2,1-2H3. The highest BCUT2D eigenvalue weighted by molar-refractivity contribution is 7.89. The number of hydrogen-bond acceptors (Lipinski definition) is 3. The Labute approximate surface area is 122 Å². The summed E-state index contributed by atoms with van der Waals surface area (Å²) in [6.45, 7) is 5.31. The molecule has 112 valence electrons. The molecule has 1 aromatic carbocycles. The van der Waals surface area contributed by atoms with E-state index in [-0.39, 0.29) is 6.04 Å². The molecule has 0 bridgehead atoms. The summed E-state index contributed by atoms with van der Waals surface area (Å²) in [5.41, 5.74) is 0.974. The molecule has 4 nitrogen and oxygen atoms in total. The fourth-order valence-corrected chi connectivity index (χ4v) is 3.39. The van der Waals surface area contributed by atoms with Crippen LogP contribution in [0.4, 0.5) is 5.69 Å². The molecule has 0 atom stereocenters. The zero-order chi connectivity index (χ0) is 14.6. The highest BCUT2D eigenvalue weighted by atomic mass is 32.2. The van der Waals surface area contributed by atoms with Gasteiger partial charge in [0, 0.05) is 18.3 Å². The first-order chi connectivity index (χ1) is 9.55. The van der Waals surface area contributed by atoms with Crippen molar-refractivity contribution < 1.29 is 8.42 Å². The van der Waals surface area contributed by atoms with E-state index < -0.39 is 10.0 Å². The Bertz CT molecular complexity index is 517. The van der Waals surface area contributed by atoms with Crippen LogP contribution in [0.15, 0.2) is 29.2 Å². The summed E-state index contributed by atoms with van der Waals surface area (Å²) in [5.74, 6) is 0.662. The number of benzene rings is 1. The molecule has 0 radical (unpaired) electrons. The predicted octanol–water partition coefficient (Wildman–Crippen LogP) is 2.98. The second-order valence-electron chi connectivity index (χ2n) is 5.48. The van der Waals surface area contributed by atoms with E-state index in [1.165, 1.54) is 0 Å². The lowest BCUT2D eigenvalue weighted by atomic mass is 10.0. The maximum absolute atomic E-state index is 12.0. The van der Waals surface area contributed by atoms with E-state index in [9.17, 15) is 8.42 Å². The Hall–Kier alpha value is -1.07. The van der Waals surface area contributed by atoms with Crippen molar-refractivity contribution in [3.63, 3.8) is 0 Å². The Kier molecular flexibility index (Phi) is 5.05. The van der Waals surface area contributed by atoms with Crippen molar-refractivity contribution in [2.24, 2.45) is 5.92 Å². The molecule has 0 aliphatic heterocycles. The molecule has 5 heteroatoms. The van der Waals surface area contributed by atoms with Crippen LogP contribution in [0.25, 0.3) is 0 Å². The fraction of sp³-hybridized carbons (Fsp3) is 0.600. The lowest BCUT2D eigenvalue weighted by Gasteiger charge is -2.14. The lowest BCUT2D eigenvalue weighted by Crippen LogP contribution is -2.25. The molecule has 0 amide bonds. The summed E-state index contributed by atoms with van der Waals surface area (Å²) in [6, 6.07) is 7.15. The summed E-state index contributed by atoms with van der Waals surface area (Å²) in [4.78, 5) is 0.345. The summed E-state index contributed by atoms with van der Waals surface area (Å²) in [6.07, 6.45) is 4.21. The normalized spacial score (nSPS) is 15.6. The van der Waals surface area contributed by atoms with Gasteiger partial charge in [-0.1, -0.05) is 26.7 Å². The minimum atomic E-state index is -3.33. The fourth-order valence-electron chi connectivity index (χ4n) is 2.08. The molecular formula is C15H24N2O2S. The van der Waals surface area contributed by atoms with E-state index >= 15 is 0 Å². The lowest BCUT2D eigenvalue weighted by molar-refractivity contribution is 0.519. The van der Waals surface area contributed by atoms with Crippen LogP contribution in [-0.4, -0.2) is 21.0 Å². The number of rotatable bonds is 8. The van der Waals surface area contributed by atoms with Crippen LogP contribution >= 0.6 is 0 Å². The average Bonchev–Trinajstić information content (AvgIpc) is 3.24. The van der Waals surface area contributed by atoms with Crippen LogP contribution in [0, 0.1) is 5.92 Å². The van der Waals surface area contributed by atoms with Gasteiger partial charge in [0.2, 0.25) is 10.0 Å². The first kappa shape index (κ1) is 15.3. The van der Waals surface area contributed by atoms with Gasteiger partial charge in [-0.2, -0.15) is 0 Å². The first-order valence-corrected chi connectivity index (χ1v) is 8.89. The summed E-state index contributed by atoms with van der Waals surface area (Å²) in [5, 5.41) is 3.36. The zero-order valence-electron chi connectivity index (χ0n) is 12.2. The van der Waals surface area contributed by atoms with E-state index in [0.29, 0.717) is 10.8 Å². The van der Waals surface area contributed by atoms with Gasteiger partial charge >= 0.3 is 0 Å². The molecule has 1 aliphatic rings. The monoisotopic (exact) mass is 296 g/mol. The third-order valence-corrected chi connectivity index (χ3v) is 5.35. The van der Waals surface area contributed by atoms with Gasteiger partial charge in [0.15, 0.2) is 0 Å². The number of hydrogen-bond donors (Lipinski definition) is 2. The molecular weight excluding hydrogens is 272 g/mol. The van der Waals surface area contributed by atoms with E-state index in [1.807, 2.05) is 12.1 Å². The highest BCUT2D eigenvalue weighted by Crippen LogP contribution is 2.23. The smallest absolute Gasteiger partial charge is 0.240 e. The highest BCUT2D eigenvalue weighted by Gasteiger charge is 2.27. The minimum Gasteiger partial charge on any atom is -0.385 e. The van der Waals surface area contributed by atoms with Gasteiger partial charge in [-0.3, -0.25) is 0 Å². The van der Waals surface area contributed by atoms with Gasteiger partial charge in [-0.05, 0) is 43.0 Å². The molecule has 1 fully saturated rings. The van der Waals surface area contributed by atoms with Gasteiger partial charge in [0.25, 0.3) is 0 Å². The van der Waals surface area contributed by atoms with E-state index in [2.05, 4.69) is 23.9 Å². The quantitative estimate of drug-likeness (QED) is 0.775. The molecule has 1 aromatic rings. The van der Waals surface area contributed by atoms with Gasteiger partial charge in [0.05, 0.1) is 4.90 Å². The van der Waals surface area contributed by atoms with Crippen LogP contribution in [-0.2, 0) is 10.0 Å². The molecule has 20 heavy (non-hydrogen) atoms. The number of nitrogens with one attached hydrogen (secondary N) is 2. The third-order valence-electron chi connectivity index (χ3n) is 3.81. The second kappa shape index (κ2) is 6.59. The van der Waals surface area contributed by atoms with Crippen LogP contribution in [0.3, 0.4) is 0 Å². The van der Waals surface area contributed by atoms with Crippen molar-refractivity contribution in [3.8, 4) is 0 Å². The van der Waals surface area contributed by atoms with Gasteiger partial charge in [0.1, 0.15) is 0 Å². The van der Waals surface area contributed by atoms with Crippen molar-refractivity contribution in [2.45, 2.75) is 50.5 Å². The Morgan fingerprint density at radius 1 is 1.15 bits per heavy atom. The molecule has 0 unspecified atom stereocenters. The molecule has 1 saturated carbocycles. The van der Waals surface area contributed by atoms with Crippen molar-refractivity contribution in [2.75, 3.05) is 11.9 Å². The van der Waals surface area contributed by atoms with Gasteiger partial charge in [-0.15, -0.1) is 0 Å². The van der Waals surface area contributed by atoms with Crippen LogP contribution in [0.1, 0.15) is 39.5 Å². The molecule has 2 N–H and O–H groups in total. The van der Waals surface area contributed by atoms with Crippen LogP contribution < -0.4 is 10.0 Å². The minimum absolute atomic E-state index is 0.146. The predicted molar refractivity (Wildman–Crippen MR) is 82.3 cm³/mol. The summed E-state index contributed by atoms with van der Waals surface area (Å²) >= 11 is 0. The maximum Gasteiger partial charge on any atom is 0.240 e. The third kappa shape index (κ3) is 4.21. The van der Waals surface area contributed by atoms with E-state index in [4.69, 9.17) is 0 Å². The van der Waals surface area contributed by atoms with Crippen molar-refractivity contribution in [1.82, 2.24) is 4.72 Å². The Balaban J connectivity index is 1.95. The Morgan fingerprint density at radius 2 is 1.75 bits per heavy atom. The van der Waals surface area contributed by atoms with E-state index in [0.717, 1.165) is 37.9 Å². The number of anilines is 1. The Morgan fingerprint density at radius 3 is 2.25 bits per heavy atom. The average molecular weight is 296 g/mol. The zero-order valence-corrected chi connectivity index (χ0v) is 13.0. The maximum atomic E-state index is 12.0. The van der Waals surface area contributed by atoms with Crippen molar-refractivity contribution in [3.05, 3.63) is 24.3 Å². The molecule has 1 aliphatic carbocycles. The second-order valence-corrected chi connectivity index (χ2v) is 7.20.